The second kappa shape index (κ2) is 5.55. The molecule has 7 heteroatoms. The van der Waals surface area contributed by atoms with Crippen LogP contribution in [0.5, 0.6) is 0 Å². The smallest absolute Gasteiger partial charge is 0.310 e. The Morgan fingerprint density at radius 3 is 2.86 bits per heavy atom. The number of nitrogens with zero attached hydrogens (tertiary/aromatic N) is 3. The van der Waals surface area contributed by atoms with Crippen LogP contribution in [0.4, 0.5) is 0 Å². The van der Waals surface area contributed by atoms with Crippen molar-refractivity contribution in [2.45, 2.75) is 32.1 Å². The number of pyridine rings is 1. The Labute approximate surface area is 129 Å². The second-order valence-electron chi connectivity index (χ2n) is 5.31. The van der Waals surface area contributed by atoms with Gasteiger partial charge in [0.25, 0.3) is 0 Å². The first-order valence-corrected chi connectivity index (χ1v) is 7.57. The van der Waals surface area contributed by atoms with Crippen molar-refractivity contribution in [1.82, 2.24) is 15.1 Å². The zero-order chi connectivity index (χ0) is 14.9. The molecule has 0 radical (unpaired) electrons. The molecule has 0 bridgehead atoms. The summed E-state index contributed by atoms with van der Waals surface area (Å²) >= 11 is 3.39. The zero-order valence-electron chi connectivity index (χ0n) is 11.3. The fourth-order valence-corrected chi connectivity index (χ4v) is 3.21. The van der Waals surface area contributed by atoms with E-state index in [9.17, 15) is 9.90 Å². The van der Waals surface area contributed by atoms with E-state index < -0.39 is 11.4 Å². The van der Waals surface area contributed by atoms with E-state index >= 15 is 0 Å². The van der Waals surface area contributed by atoms with Gasteiger partial charge in [0.1, 0.15) is 5.69 Å². The predicted octanol–water partition coefficient (Wildman–Crippen LogP) is 3.08. The van der Waals surface area contributed by atoms with Gasteiger partial charge in [-0.1, -0.05) is 18.0 Å². The third kappa shape index (κ3) is 2.70. The minimum absolute atomic E-state index is 0.278. The van der Waals surface area contributed by atoms with Gasteiger partial charge < -0.3 is 9.63 Å². The maximum atomic E-state index is 11.5. The number of rotatable bonds is 4. The topological polar surface area (TPSA) is 89.1 Å². The van der Waals surface area contributed by atoms with E-state index in [1.54, 1.807) is 12.3 Å². The van der Waals surface area contributed by atoms with Crippen LogP contribution in [-0.4, -0.2) is 26.2 Å². The molecule has 1 aliphatic rings. The van der Waals surface area contributed by atoms with E-state index in [-0.39, 0.29) is 6.42 Å². The standard InChI is InChI=1S/C14H14BrN3O3/c15-9-4-3-7-16-11(9)12-17-10(21-18-12)8-14(13(19)20)5-1-2-6-14/h3-4,7H,1-2,5-6,8H2,(H,19,20). The normalized spacial score (nSPS) is 17.0. The molecule has 0 atom stereocenters. The summed E-state index contributed by atoms with van der Waals surface area (Å²) in [4.78, 5) is 20.0. The lowest BCUT2D eigenvalue weighted by Crippen LogP contribution is -2.30. The lowest BCUT2D eigenvalue weighted by molar-refractivity contribution is -0.148. The van der Waals surface area contributed by atoms with Gasteiger partial charge >= 0.3 is 5.97 Å². The van der Waals surface area contributed by atoms with Crippen LogP contribution in [-0.2, 0) is 11.2 Å². The third-order valence-electron chi connectivity index (χ3n) is 3.94. The number of carboxylic acids is 1. The summed E-state index contributed by atoms with van der Waals surface area (Å²) in [6, 6.07) is 3.64. The molecule has 0 unspecified atom stereocenters. The molecule has 1 saturated carbocycles. The van der Waals surface area contributed by atoms with Gasteiger partial charge in [0.05, 0.1) is 5.41 Å². The minimum atomic E-state index is -0.779. The number of halogens is 1. The Bertz CT molecular complexity index is 665. The Morgan fingerprint density at radius 2 is 2.19 bits per heavy atom. The quantitative estimate of drug-likeness (QED) is 0.910. The van der Waals surface area contributed by atoms with Crippen molar-refractivity contribution in [3.8, 4) is 11.5 Å². The van der Waals surface area contributed by atoms with E-state index in [0.29, 0.717) is 30.3 Å². The molecule has 1 fully saturated rings. The fourth-order valence-electron chi connectivity index (χ4n) is 2.78. The lowest BCUT2D eigenvalue weighted by Gasteiger charge is -2.21. The molecule has 110 valence electrons. The van der Waals surface area contributed by atoms with E-state index in [0.717, 1.165) is 17.3 Å². The van der Waals surface area contributed by atoms with Gasteiger partial charge in [-0.05, 0) is 40.9 Å². The highest BCUT2D eigenvalue weighted by atomic mass is 79.9. The molecule has 1 N–H and O–H groups in total. The number of carbonyl (C=O) groups is 1. The maximum Gasteiger partial charge on any atom is 0.310 e. The summed E-state index contributed by atoms with van der Waals surface area (Å²) in [5.74, 6) is -0.0540. The molecule has 0 saturated heterocycles. The Morgan fingerprint density at radius 1 is 1.43 bits per heavy atom. The van der Waals surface area contributed by atoms with E-state index in [4.69, 9.17) is 4.52 Å². The second-order valence-corrected chi connectivity index (χ2v) is 6.17. The van der Waals surface area contributed by atoms with Gasteiger partial charge in [-0.25, -0.2) is 0 Å². The van der Waals surface area contributed by atoms with Crippen LogP contribution in [0.3, 0.4) is 0 Å². The zero-order valence-corrected chi connectivity index (χ0v) is 12.8. The summed E-state index contributed by atoms with van der Waals surface area (Å²) < 4.78 is 6.00. The Hall–Kier alpha value is -1.76. The van der Waals surface area contributed by atoms with Gasteiger partial charge in [-0.15, -0.1) is 0 Å². The van der Waals surface area contributed by atoms with Crippen LogP contribution in [0, 0.1) is 5.41 Å². The average molecular weight is 352 g/mol. The molecule has 0 amide bonds. The monoisotopic (exact) mass is 351 g/mol. The van der Waals surface area contributed by atoms with Crippen molar-refractivity contribution < 1.29 is 14.4 Å². The Balaban J connectivity index is 1.86. The first-order valence-electron chi connectivity index (χ1n) is 6.78. The minimum Gasteiger partial charge on any atom is -0.481 e. The van der Waals surface area contributed by atoms with Gasteiger partial charge in [0, 0.05) is 17.1 Å². The first kappa shape index (κ1) is 14.2. The summed E-state index contributed by atoms with van der Waals surface area (Å²) in [5.41, 5.74) is -0.172. The van der Waals surface area contributed by atoms with Crippen molar-refractivity contribution in [1.29, 1.82) is 0 Å². The van der Waals surface area contributed by atoms with Crippen molar-refractivity contribution in [3.63, 3.8) is 0 Å². The van der Waals surface area contributed by atoms with E-state index in [1.165, 1.54) is 0 Å². The molecule has 3 rings (SSSR count). The van der Waals surface area contributed by atoms with Crippen LogP contribution in [0.1, 0.15) is 31.6 Å². The summed E-state index contributed by atoms with van der Waals surface area (Å²) in [6.07, 6.45) is 5.10. The Kier molecular flexibility index (Phi) is 3.75. The summed E-state index contributed by atoms with van der Waals surface area (Å²) in [6.45, 7) is 0. The van der Waals surface area contributed by atoms with Crippen molar-refractivity contribution in [3.05, 3.63) is 28.7 Å². The van der Waals surface area contributed by atoms with Crippen molar-refractivity contribution >= 4 is 21.9 Å². The average Bonchev–Trinajstić information content (AvgIpc) is 3.10. The number of carboxylic acid groups (broad SMARTS) is 1. The van der Waals surface area contributed by atoms with Crippen molar-refractivity contribution in [2.24, 2.45) is 5.41 Å². The van der Waals surface area contributed by atoms with Gasteiger partial charge in [0.2, 0.25) is 11.7 Å². The fraction of sp³-hybridized carbons (Fsp3) is 0.429. The molecular formula is C14H14BrN3O3. The SMILES string of the molecule is O=C(O)C1(Cc2nc(-c3ncccc3Br)no2)CCCC1. The highest BCUT2D eigenvalue weighted by molar-refractivity contribution is 9.10. The van der Waals surface area contributed by atoms with Crippen LogP contribution in [0.2, 0.25) is 0 Å². The summed E-state index contributed by atoms with van der Waals surface area (Å²) in [7, 11) is 0. The molecule has 6 nitrogen and oxygen atoms in total. The van der Waals surface area contributed by atoms with E-state index in [1.807, 2.05) is 6.07 Å². The molecule has 2 aromatic heterocycles. The number of hydrogen-bond acceptors (Lipinski definition) is 5. The maximum absolute atomic E-state index is 11.5. The van der Waals surface area contributed by atoms with Gasteiger partial charge in [-0.2, -0.15) is 4.98 Å². The van der Waals surface area contributed by atoms with Crippen LogP contribution < -0.4 is 0 Å². The molecule has 21 heavy (non-hydrogen) atoms. The molecule has 0 spiro atoms. The van der Waals surface area contributed by atoms with E-state index in [2.05, 4.69) is 31.1 Å². The lowest BCUT2D eigenvalue weighted by atomic mass is 9.83. The van der Waals surface area contributed by atoms with Crippen LogP contribution in [0.15, 0.2) is 27.3 Å². The predicted molar refractivity (Wildman–Crippen MR) is 77.5 cm³/mol. The number of hydrogen-bond donors (Lipinski definition) is 1. The molecule has 1 aliphatic carbocycles. The molecule has 2 heterocycles. The van der Waals surface area contributed by atoms with Crippen LogP contribution in [0.25, 0.3) is 11.5 Å². The largest absolute Gasteiger partial charge is 0.481 e. The number of aliphatic carboxylic acids is 1. The van der Waals surface area contributed by atoms with Gasteiger partial charge in [0.15, 0.2) is 0 Å². The molecule has 0 aliphatic heterocycles. The van der Waals surface area contributed by atoms with Gasteiger partial charge in [-0.3, -0.25) is 9.78 Å². The number of aromatic nitrogens is 3. The van der Waals surface area contributed by atoms with Crippen molar-refractivity contribution in [2.75, 3.05) is 0 Å². The molecule has 2 aromatic rings. The summed E-state index contributed by atoms with van der Waals surface area (Å²) in [5, 5.41) is 13.4. The third-order valence-corrected chi connectivity index (χ3v) is 4.58. The molecular weight excluding hydrogens is 338 g/mol. The molecule has 0 aromatic carbocycles. The van der Waals surface area contributed by atoms with Crippen LogP contribution >= 0.6 is 15.9 Å². The highest BCUT2D eigenvalue weighted by Gasteiger charge is 2.42. The highest BCUT2D eigenvalue weighted by Crippen LogP contribution is 2.41. The first-order chi connectivity index (χ1) is 10.1.